The van der Waals surface area contributed by atoms with Crippen LogP contribution >= 0.6 is 11.3 Å². The molecule has 1 aliphatic heterocycles. The molecule has 100 valence electrons. The molecule has 2 N–H and O–H groups in total. The molecule has 0 aliphatic carbocycles. The van der Waals surface area contributed by atoms with Gasteiger partial charge in [0.2, 0.25) is 0 Å². The van der Waals surface area contributed by atoms with Crippen LogP contribution in [-0.2, 0) is 13.0 Å². The highest BCUT2D eigenvalue weighted by Crippen LogP contribution is 2.30. The van der Waals surface area contributed by atoms with Crippen LogP contribution < -0.4 is 5.73 Å². The van der Waals surface area contributed by atoms with E-state index < -0.39 is 0 Å². The van der Waals surface area contributed by atoms with Gasteiger partial charge in [-0.1, -0.05) is 29.8 Å². The Hall–Kier alpha value is -1.16. The van der Waals surface area contributed by atoms with Gasteiger partial charge in [0.1, 0.15) is 0 Å². The first-order chi connectivity index (χ1) is 9.28. The second kappa shape index (κ2) is 5.45. The van der Waals surface area contributed by atoms with Gasteiger partial charge in [-0.25, -0.2) is 0 Å². The summed E-state index contributed by atoms with van der Waals surface area (Å²) in [6, 6.07) is 11.3. The van der Waals surface area contributed by atoms with Gasteiger partial charge in [-0.15, -0.1) is 11.3 Å². The number of benzene rings is 1. The Morgan fingerprint density at radius 1 is 1.37 bits per heavy atom. The monoisotopic (exact) mass is 272 g/mol. The highest BCUT2D eigenvalue weighted by atomic mass is 32.1. The SMILES string of the molecule is Cc1cccc(C(CN)N2CCc3sccc3C2)c1. The van der Waals surface area contributed by atoms with E-state index in [0.29, 0.717) is 12.6 Å². The molecule has 0 amide bonds. The fraction of sp³-hybridized carbons (Fsp3) is 0.375. The van der Waals surface area contributed by atoms with Crippen LogP contribution in [0, 0.1) is 6.92 Å². The first-order valence-corrected chi connectivity index (χ1v) is 7.72. The number of hydrogen-bond acceptors (Lipinski definition) is 3. The molecule has 19 heavy (non-hydrogen) atoms. The Balaban J connectivity index is 1.84. The predicted molar refractivity (Wildman–Crippen MR) is 81.4 cm³/mol. The molecule has 1 aromatic carbocycles. The molecule has 0 radical (unpaired) electrons. The topological polar surface area (TPSA) is 29.3 Å². The normalized spacial score (nSPS) is 17.2. The van der Waals surface area contributed by atoms with E-state index in [1.54, 1.807) is 4.88 Å². The lowest BCUT2D eigenvalue weighted by molar-refractivity contribution is 0.185. The molecule has 1 aromatic heterocycles. The largest absolute Gasteiger partial charge is 0.329 e. The second-order valence-corrected chi connectivity index (χ2v) is 6.26. The quantitative estimate of drug-likeness (QED) is 0.930. The van der Waals surface area contributed by atoms with Crippen LogP contribution in [0.3, 0.4) is 0 Å². The molecule has 0 fully saturated rings. The highest BCUT2D eigenvalue weighted by Gasteiger charge is 2.24. The summed E-state index contributed by atoms with van der Waals surface area (Å²) in [5.74, 6) is 0. The Morgan fingerprint density at radius 2 is 2.26 bits per heavy atom. The van der Waals surface area contributed by atoms with E-state index in [9.17, 15) is 0 Å². The summed E-state index contributed by atoms with van der Waals surface area (Å²) >= 11 is 1.89. The summed E-state index contributed by atoms with van der Waals surface area (Å²) in [5, 5.41) is 2.21. The highest BCUT2D eigenvalue weighted by molar-refractivity contribution is 7.10. The summed E-state index contributed by atoms with van der Waals surface area (Å²) < 4.78 is 0. The van der Waals surface area contributed by atoms with Crippen molar-refractivity contribution in [3.8, 4) is 0 Å². The van der Waals surface area contributed by atoms with Crippen LogP contribution in [0.4, 0.5) is 0 Å². The van der Waals surface area contributed by atoms with Gasteiger partial charge < -0.3 is 5.73 Å². The lowest BCUT2D eigenvalue weighted by Gasteiger charge is -2.34. The Bertz CT molecular complexity index is 561. The molecule has 0 saturated heterocycles. The summed E-state index contributed by atoms with van der Waals surface area (Å²) in [6.45, 7) is 4.98. The summed E-state index contributed by atoms with van der Waals surface area (Å²) in [4.78, 5) is 4.07. The van der Waals surface area contributed by atoms with E-state index in [1.807, 2.05) is 11.3 Å². The van der Waals surface area contributed by atoms with Gasteiger partial charge in [-0.2, -0.15) is 0 Å². The van der Waals surface area contributed by atoms with Gasteiger partial charge in [-0.05, 0) is 35.9 Å². The molecule has 2 aromatic rings. The fourth-order valence-electron chi connectivity index (χ4n) is 2.91. The van der Waals surface area contributed by atoms with Gasteiger partial charge in [0.15, 0.2) is 0 Å². The zero-order chi connectivity index (χ0) is 13.2. The van der Waals surface area contributed by atoms with E-state index in [2.05, 4.69) is 47.5 Å². The number of thiophene rings is 1. The van der Waals surface area contributed by atoms with E-state index in [-0.39, 0.29) is 0 Å². The number of nitrogens with two attached hydrogens (primary N) is 1. The maximum atomic E-state index is 6.04. The van der Waals surface area contributed by atoms with Crippen molar-refractivity contribution in [1.29, 1.82) is 0 Å². The minimum atomic E-state index is 0.341. The third kappa shape index (κ3) is 2.59. The van der Waals surface area contributed by atoms with Gasteiger partial charge in [0.25, 0.3) is 0 Å². The lowest BCUT2D eigenvalue weighted by atomic mass is 10.00. The minimum Gasteiger partial charge on any atom is -0.329 e. The average Bonchev–Trinajstić information content (AvgIpc) is 2.87. The number of aryl methyl sites for hydroxylation is 1. The Labute approximate surface area is 118 Å². The number of fused-ring (bicyclic) bond motifs is 1. The third-order valence-corrected chi connectivity index (χ3v) is 4.95. The van der Waals surface area contributed by atoms with Crippen LogP contribution in [-0.4, -0.2) is 18.0 Å². The van der Waals surface area contributed by atoms with E-state index in [4.69, 9.17) is 5.73 Å². The van der Waals surface area contributed by atoms with Crippen LogP contribution in [0.15, 0.2) is 35.7 Å². The van der Waals surface area contributed by atoms with Crippen molar-refractivity contribution < 1.29 is 0 Å². The van der Waals surface area contributed by atoms with Crippen LogP contribution in [0.2, 0.25) is 0 Å². The van der Waals surface area contributed by atoms with E-state index in [0.717, 1.165) is 19.5 Å². The van der Waals surface area contributed by atoms with Crippen LogP contribution in [0.25, 0.3) is 0 Å². The van der Waals surface area contributed by atoms with Gasteiger partial charge in [0.05, 0.1) is 0 Å². The molecular weight excluding hydrogens is 252 g/mol. The van der Waals surface area contributed by atoms with Crippen molar-refractivity contribution >= 4 is 11.3 Å². The maximum Gasteiger partial charge on any atom is 0.0474 e. The summed E-state index contributed by atoms with van der Waals surface area (Å²) in [7, 11) is 0. The predicted octanol–water partition coefficient (Wildman–Crippen LogP) is 3.11. The van der Waals surface area contributed by atoms with Gasteiger partial charge in [-0.3, -0.25) is 4.90 Å². The van der Waals surface area contributed by atoms with Crippen molar-refractivity contribution in [3.63, 3.8) is 0 Å². The van der Waals surface area contributed by atoms with Crippen molar-refractivity contribution in [1.82, 2.24) is 4.90 Å². The molecule has 3 rings (SSSR count). The number of hydrogen-bond donors (Lipinski definition) is 1. The molecule has 0 bridgehead atoms. The van der Waals surface area contributed by atoms with Crippen molar-refractivity contribution in [2.75, 3.05) is 13.1 Å². The average molecular weight is 272 g/mol. The third-order valence-electron chi connectivity index (χ3n) is 3.93. The first kappa shape index (κ1) is 12.9. The Morgan fingerprint density at radius 3 is 3.05 bits per heavy atom. The zero-order valence-electron chi connectivity index (χ0n) is 11.3. The van der Waals surface area contributed by atoms with Crippen LogP contribution in [0.1, 0.15) is 27.6 Å². The second-order valence-electron chi connectivity index (χ2n) is 5.26. The number of rotatable bonds is 3. The Kier molecular flexibility index (Phi) is 3.69. The van der Waals surface area contributed by atoms with Crippen LogP contribution in [0.5, 0.6) is 0 Å². The molecule has 0 saturated carbocycles. The van der Waals surface area contributed by atoms with Gasteiger partial charge in [0, 0.05) is 30.6 Å². The van der Waals surface area contributed by atoms with Crippen molar-refractivity contribution in [3.05, 3.63) is 57.3 Å². The lowest BCUT2D eigenvalue weighted by Crippen LogP contribution is -2.37. The molecular formula is C16H20N2S. The maximum absolute atomic E-state index is 6.04. The molecule has 2 heterocycles. The molecule has 1 atom stereocenters. The minimum absolute atomic E-state index is 0.341. The van der Waals surface area contributed by atoms with Gasteiger partial charge >= 0.3 is 0 Å². The molecule has 1 unspecified atom stereocenters. The molecule has 2 nitrogen and oxygen atoms in total. The standard InChI is InChI=1S/C16H20N2S/c1-12-3-2-4-13(9-12)15(10-17)18-7-5-16-14(11-18)6-8-19-16/h2-4,6,8-9,15H,5,7,10-11,17H2,1H3. The summed E-state index contributed by atoms with van der Waals surface area (Å²) in [6.07, 6.45) is 1.16. The molecule has 0 spiro atoms. The number of nitrogens with zero attached hydrogens (tertiary/aromatic N) is 1. The smallest absolute Gasteiger partial charge is 0.0474 e. The summed E-state index contributed by atoms with van der Waals surface area (Å²) in [5.41, 5.74) is 10.2. The molecule has 1 aliphatic rings. The fourth-order valence-corrected chi connectivity index (χ4v) is 3.80. The van der Waals surface area contributed by atoms with E-state index >= 15 is 0 Å². The molecule has 3 heteroatoms. The van der Waals surface area contributed by atoms with Crippen molar-refractivity contribution in [2.24, 2.45) is 5.73 Å². The zero-order valence-corrected chi connectivity index (χ0v) is 12.1. The van der Waals surface area contributed by atoms with E-state index in [1.165, 1.54) is 16.7 Å². The van der Waals surface area contributed by atoms with Crippen molar-refractivity contribution in [2.45, 2.75) is 25.9 Å². The first-order valence-electron chi connectivity index (χ1n) is 6.84.